The molecule has 2 heterocycles. The Labute approximate surface area is 189 Å². The highest BCUT2D eigenvalue weighted by Crippen LogP contribution is 2.41. The van der Waals surface area contributed by atoms with Crippen LogP contribution in [-0.2, 0) is 11.3 Å². The van der Waals surface area contributed by atoms with Gasteiger partial charge in [0, 0.05) is 27.6 Å². The first-order valence-corrected chi connectivity index (χ1v) is 10.7. The molecule has 1 amide bonds. The zero-order chi connectivity index (χ0) is 22.4. The minimum absolute atomic E-state index is 0.326. The molecule has 1 aromatic heterocycles. The van der Waals surface area contributed by atoms with Gasteiger partial charge in [0.15, 0.2) is 5.82 Å². The third-order valence-corrected chi connectivity index (χ3v) is 6.01. The molecule has 0 saturated heterocycles. The fourth-order valence-electron chi connectivity index (χ4n) is 3.82. The molecular weight excluding hydrogens is 430 g/mol. The number of carboxylic acid groups (broad SMARTS) is 1. The number of carbonyl (C=O) groups is 2. The number of nitrogens with one attached hydrogen (secondary N) is 1. The molecule has 8 nitrogen and oxygen atoms in total. The normalized spacial score (nSPS) is 15.8. The van der Waals surface area contributed by atoms with Crippen molar-refractivity contribution in [3.63, 3.8) is 0 Å². The number of hydrogen-bond donors (Lipinski definition) is 2. The van der Waals surface area contributed by atoms with Crippen LogP contribution in [0.15, 0.2) is 47.5 Å². The van der Waals surface area contributed by atoms with Crippen molar-refractivity contribution >= 4 is 29.2 Å². The average molecular weight is 450 g/mol. The highest BCUT2D eigenvalue weighted by molar-refractivity contribution is 6.35. The van der Waals surface area contributed by atoms with Crippen LogP contribution in [0.5, 0.6) is 0 Å². The van der Waals surface area contributed by atoms with Crippen LogP contribution < -0.4 is 5.32 Å². The molecule has 162 valence electrons. The maximum absolute atomic E-state index is 12.8. The standard InChI is InChI=1S/C23H20ClN5O3/c1-12(23(31)32)26-22(30)14-8-9-18-16(10-14)20(15-4-2-3-5-17(15)24)25-11-19-27-28-21(29(18)19)13-6-7-13/h2-5,8-10,12-13H,6-7,11H2,1H3,(H,26,30)(H,31,32)/t12-/m0/s1. The zero-order valence-electron chi connectivity index (χ0n) is 17.2. The Morgan fingerprint density at radius 2 is 1.94 bits per heavy atom. The van der Waals surface area contributed by atoms with E-state index in [1.165, 1.54) is 6.92 Å². The van der Waals surface area contributed by atoms with Gasteiger partial charge in [-0.25, -0.2) is 0 Å². The summed E-state index contributed by atoms with van der Waals surface area (Å²) in [7, 11) is 0. The Kier molecular flexibility index (Phi) is 5.01. The Bertz CT molecular complexity index is 1280. The van der Waals surface area contributed by atoms with Crippen molar-refractivity contribution in [2.75, 3.05) is 0 Å². The second-order valence-electron chi connectivity index (χ2n) is 7.99. The fraction of sp³-hybridized carbons (Fsp3) is 0.261. The summed E-state index contributed by atoms with van der Waals surface area (Å²) in [6.07, 6.45) is 2.14. The van der Waals surface area contributed by atoms with Gasteiger partial charge in [0.05, 0.1) is 11.4 Å². The molecule has 1 fully saturated rings. The topological polar surface area (TPSA) is 109 Å². The minimum Gasteiger partial charge on any atom is -0.480 e. The summed E-state index contributed by atoms with van der Waals surface area (Å²) in [5.41, 5.74) is 3.28. The lowest BCUT2D eigenvalue weighted by molar-refractivity contribution is -0.138. The number of rotatable bonds is 5. The molecule has 2 N–H and O–H groups in total. The minimum atomic E-state index is -1.10. The molecule has 0 radical (unpaired) electrons. The zero-order valence-corrected chi connectivity index (χ0v) is 18.0. The number of aromatic nitrogens is 3. The van der Waals surface area contributed by atoms with Gasteiger partial charge in [-0.2, -0.15) is 0 Å². The highest BCUT2D eigenvalue weighted by atomic mass is 35.5. The molecule has 1 saturated carbocycles. The molecule has 5 rings (SSSR count). The third-order valence-electron chi connectivity index (χ3n) is 5.68. The van der Waals surface area contributed by atoms with Gasteiger partial charge >= 0.3 is 5.97 Å². The van der Waals surface area contributed by atoms with Crippen LogP contribution in [0, 0.1) is 0 Å². The van der Waals surface area contributed by atoms with Crippen molar-refractivity contribution in [2.45, 2.75) is 38.3 Å². The molecule has 9 heteroatoms. The smallest absolute Gasteiger partial charge is 0.325 e. The number of hydrogen-bond acceptors (Lipinski definition) is 5. The highest BCUT2D eigenvalue weighted by Gasteiger charge is 2.33. The SMILES string of the molecule is C[C@H](NC(=O)c1ccc2c(c1)C(c1ccccc1Cl)=NCc1nnc(C3CC3)n1-2)C(=O)O. The summed E-state index contributed by atoms with van der Waals surface area (Å²) in [6, 6.07) is 11.7. The summed E-state index contributed by atoms with van der Waals surface area (Å²) in [6.45, 7) is 1.75. The van der Waals surface area contributed by atoms with Crippen molar-refractivity contribution < 1.29 is 14.7 Å². The predicted molar refractivity (Wildman–Crippen MR) is 119 cm³/mol. The van der Waals surface area contributed by atoms with Crippen molar-refractivity contribution in [3.8, 4) is 5.69 Å². The Morgan fingerprint density at radius 3 is 2.66 bits per heavy atom. The Hall–Kier alpha value is -3.52. The first-order valence-electron chi connectivity index (χ1n) is 10.4. The summed E-state index contributed by atoms with van der Waals surface area (Å²) in [4.78, 5) is 28.7. The van der Waals surface area contributed by atoms with Gasteiger partial charge in [0.25, 0.3) is 5.91 Å². The van der Waals surface area contributed by atoms with Crippen LogP contribution >= 0.6 is 11.6 Å². The predicted octanol–water partition coefficient (Wildman–Crippen LogP) is 3.35. The molecule has 3 aromatic rings. The van der Waals surface area contributed by atoms with Crippen LogP contribution in [0.2, 0.25) is 5.02 Å². The van der Waals surface area contributed by atoms with Gasteiger partial charge in [-0.05, 0) is 44.0 Å². The van der Waals surface area contributed by atoms with E-state index in [9.17, 15) is 9.59 Å². The van der Waals surface area contributed by atoms with E-state index in [1.54, 1.807) is 18.2 Å². The molecule has 1 atom stereocenters. The number of carboxylic acids is 1. The van der Waals surface area contributed by atoms with Crippen molar-refractivity contribution in [1.29, 1.82) is 0 Å². The summed E-state index contributed by atoms with van der Waals surface area (Å²) < 4.78 is 2.03. The number of fused-ring (bicyclic) bond motifs is 3. The third kappa shape index (κ3) is 3.56. The Balaban J connectivity index is 1.67. The lowest BCUT2D eigenvalue weighted by Gasteiger charge is -2.16. The van der Waals surface area contributed by atoms with Crippen molar-refractivity contribution in [2.24, 2.45) is 4.99 Å². The van der Waals surface area contributed by atoms with E-state index in [2.05, 4.69) is 15.5 Å². The van der Waals surface area contributed by atoms with Gasteiger partial charge in [0.2, 0.25) is 0 Å². The molecule has 0 spiro atoms. The summed E-state index contributed by atoms with van der Waals surface area (Å²) in [5.74, 6) is 0.414. The number of halogens is 1. The maximum atomic E-state index is 12.8. The van der Waals surface area contributed by atoms with E-state index >= 15 is 0 Å². The van der Waals surface area contributed by atoms with E-state index in [0.29, 0.717) is 34.3 Å². The van der Waals surface area contributed by atoms with Crippen LogP contribution in [0.1, 0.15) is 58.8 Å². The monoisotopic (exact) mass is 449 g/mol. The van der Waals surface area contributed by atoms with Crippen LogP contribution in [0.4, 0.5) is 0 Å². The second-order valence-corrected chi connectivity index (χ2v) is 8.40. The lowest BCUT2D eigenvalue weighted by Crippen LogP contribution is -2.38. The number of nitrogens with zero attached hydrogens (tertiary/aromatic N) is 4. The van der Waals surface area contributed by atoms with Gasteiger partial charge in [-0.3, -0.25) is 19.1 Å². The van der Waals surface area contributed by atoms with Crippen LogP contribution in [0.3, 0.4) is 0 Å². The number of aliphatic imine (C=N–C) groups is 1. The first-order chi connectivity index (χ1) is 15.4. The second kappa shape index (κ2) is 7.87. The van der Waals surface area contributed by atoms with E-state index < -0.39 is 17.9 Å². The molecule has 0 unspecified atom stereocenters. The van der Waals surface area contributed by atoms with Crippen LogP contribution in [0.25, 0.3) is 5.69 Å². The van der Waals surface area contributed by atoms with Crippen molar-refractivity contribution in [1.82, 2.24) is 20.1 Å². The largest absolute Gasteiger partial charge is 0.480 e. The Morgan fingerprint density at radius 1 is 1.16 bits per heavy atom. The fourth-order valence-corrected chi connectivity index (χ4v) is 4.05. The average Bonchev–Trinajstić information content (AvgIpc) is 3.56. The molecule has 1 aliphatic carbocycles. The molecule has 2 aliphatic rings. The van der Waals surface area contributed by atoms with Gasteiger partial charge in [-0.1, -0.05) is 29.8 Å². The van der Waals surface area contributed by atoms with Gasteiger partial charge < -0.3 is 10.4 Å². The number of benzene rings is 2. The molecule has 32 heavy (non-hydrogen) atoms. The van der Waals surface area contributed by atoms with E-state index in [4.69, 9.17) is 21.7 Å². The molecule has 2 aromatic carbocycles. The van der Waals surface area contributed by atoms with E-state index in [-0.39, 0.29) is 0 Å². The van der Waals surface area contributed by atoms with E-state index in [0.717, 1.165) is 35.7 Å². The quantitative estimate of drug-likeness (QED) is 0.620. The summed E-state index contributed by atoms with van der Waals surface area (Å²) >= 11 is 6.50. The molecular formula is C23H20ClN5O3. The van der Waals surface area contributed by atoms with E-state index in [1.807, 2.05) is 28.8 Å². The van der Waals surface area contributed by atoms with Crippen molar-refractivity contribution in [3.05, 3.63) is 75.8 Å². The first kappa shape index (κ1) is 20.4. The lowest BCUT2D eigenvalue weighted by atomic mass is 9.97. The summed E-state index contributed by atoms with van der Waals surface area (Å²) in [5, 5.41) is 21.0. The molecule has 0 bridgehead atoms. The number of amides is 1. The van der Waals surface area contributed by atoms with Gasteiger partial charge in [-0.15, -0.1) is 10.2 Å². The number of carbonyl (C=O) groups excluding carboxylic acids is 1. The maximum Gasteiger partial charge on any atom is 0.325 e. The van der Waals surface area contributed by atoms with Crippen LogP contribution in [-0.4, -0.2) is 43.5 Å². The molecule has 1 aliphatic heterocycles. The van der Waals surface area contributed by atoms with Gasteiger partial charge in [0.1, 0.15) is 18.4 Å². The number of aliphatic carboxylic acids is 1.